The van der Waals surface area contributed by atoms with E-state index in [9.17, 15) is 0 Å². The quantitative estimate of drug-likeness (QED) is 0.408. The van der Waals surface area contributed by atoms with Gasteiger partial charge in [0, 0.05) is 0 Å². The predicted octanol–water partition coefficient (Wildman–Crippen LogP) is 1.59. The van der Waals surface area contributed by atoms with E-state index in [1.165, 1.54) is 0 Å². The zero-order valence-corrected chi connectivity index (χ0v) is 7.08. The number of nitrogens with two attached hydrogens (primary N) is 1. The number of hydrogen-bond donors (Lipinski definition) is 1. The van der Waals surface area contributed by atoms with Crippen molar-refractivity contribution in [1.29, 1.82) is 0 Å². The fourth-order valence-electron chi connectivity index (χ4n) is 1.04. The summed E-state index contributed by atoms with van der Waals surface area (Å²) in [5, 5.41) is 3.46. The Kier molecular flexibility index (Phi) is 1.75. The van der Waals surface area contributed by atoms with Crippen LogP contribution in [-0.2, 0) is 0 Å². The molecule has 3 nitrogen and oxygen atoms in total. The van der Waals surface area contributed by atoms with E-state index in [0.717, 1.165) is 15.8 Å². The molecule has 0 aliphatic carbocycles. The zero-order chi connectivity index (χ0) is 8.39. The molecule has 0 unspecified atom stereocenters. The van der Waals surface area contributed by atoms with E-state index < -0.39 is 0 Å². The number of benzene rings is 1. The molecular weight excluding hydrogens is 170 g/mol. The summed E-state index contributed by atoms with van der Waals surface area (Å²) < 4.78 is 1.16. The minimum Gasteiger partial charge on any atom is -0.323 e. The number of aromatic nitrogens is 1. The highest BCUT2D eigenvalue weighted by Crippen LogP contribution is 2.17. The standard InChI is InChI=1S/C8H7N3S/c9-11-4-6-1-2-7-8(3-6)12-5-10-7/h1-5H,9H2. The average molecular weight is 177 g/mol. The summed E-state index contributed by atoms with van der Waals surface area (Å²) in [6, 6.07) is 5.92. The van der Waals surface area contributed by atoms with Gasteiger partial charge in [0.15, 0.2) is 0 Å². The number of hydrazone groups is 1. The van der Waals surface area contributed by atoms with Crippen LogP contribution in [0.1, 0.15) is 5.56 Å². The van der Waals surface area contributed by atoms with E-state index in [2.05, 4.69) is 10.1 Å². The Morgan fingerprint density at radius 3 is 3.25 bits per heavy atom. The Morgan fingerprint density at radius 2 is 2.42 bits per heavy atom. The van der Waals surface area contributed by atoms with Crippen LogP contribution in [0.2, 0.25) is 0 Å². The lowest BCUT2D eigenvalue weighted by Crippen LogP contribution is -1.84. The summed E-state index contributed by atoms with van der Waals surface area (Å²) in [5.41, 5.74) is 3.86. The van der Waals surface area contributed by atoms with Gasteiger partial charge in [-0.05, 0) is 17.7 Å². The lowest BCUT2D eigenvalue weighted by Gasteiger charge is -1.90. The molecule has 4 heteroatoms. The van der Waals surface area contributed by atoms with E-state index in [1.807, 2.05) is 23.7 Å². The van der Waals surface area contributed by atoms with Gasteiger partial charge in [-0.1, -0.05) is 6.07 Å². The summed E-state index contributed by atoms with van der Waals surface area (Å²) in [5.74, 6) is 5.04. The van der Waals surface area contributed by atoms with E-state index >= 15 is 0 Å². The lowest BCUT2D eigenvalue weighted by atomic mass is 10.2. The second kappa shape index (κ2) is 2.91. The van der Waals surface area contributed by atoms with Crippen molar-refractivity contribution >= 4 is 27.8 Å². The highest BCUT2D eigenvalue weighted by atomic mass is 32.1. The van der Waals surface area contributed by atoms with Crippen molar-refractivity contribution in [2.45, 2.75) is 0 Å². The molecule has 0 saturated heterocycles. The van der Waals surface area contributed by atoms with Gasteiger partial charge in [-0.2, -0.15) is 5.10 Å². The SMILES string of the molecule is NN=Cc1ccc2ncsc2c1. The van der Waals surface area contributed by atoms with Crippen LogP contribution in [0.15, 0.2) is 28.8 Å². The summed E-state index contributed by atoms with van der Waals surface area (Å²) in [6.45, 7) is 0. The van der Waals surface area contributed by atoms with Crippen LogP contribution in [0.5, 0.6) is 0 Å². The largest absolute Gasteiger partial charge is 0.323 e. The smallest absolute Gasteiger partial charge is 0.0812 e. The van der Waals surface area contributed by atoms with Crippen LogP contribution in [-0.4, -0.2) is 11.2 Å². The molecule has 0 saturated carbocycles. The molecule has 1 aromatic heterocycles. The van der Waals surface area contributed by atoms with Crippen molar-refractivity contribution in [3.63, 3.8) is 0 Å². The highest BCUT2D eigenvalue weighted by molar-refractivity contribution is 7.16. The Balaban J connectivity index is 2.60. The first-order chi connectivity index (χ1) is 5.90. The Hall–Kier alpha value is -1.42. The van der Waals surface area contributed by atoms with Gasteiger partial charge in [0.1, 0.15) is 0 Å². The first kappa shape index (κ1) is 7.24. The summed E-state index contributed by atoms with van der Waals surface area (Å²) in [6.07, 6.45) is 1.62. The van der Waals surface area contributed by atoms with Crippen molar-refractivity contribution in [2.75, 3.05) is 0 Å². The molecular formula is C8H7N3S. The molecule has 0 radical (unpaired) electrons. The number of fused-ring (bicyclic) bond motifs is 1. The number of thiazole rings is 1. The minimum atomic E-state index is 1.01. The van der Waals surface area contributed by atoms with Crippen LogP contribution in [0, 0.1) is 0 Å². The van der Waals surface area contributed by atoms with Crippen LogP contribution < -0.4 is 5.84 Å². The Bertz CT molecular complexity index is 419. The van der Waals surface area contributed by atoms with Gasteiger partial charge in [-0.25, -0.2) is 4.98 Å². The van der Waals surface area contributed by atoms with Crippen molar-refractivity contribution in [3.05, 3.63) is 29.3 Å². The van der Waals surface area contributed by atoms with Gasteiger partial charge in [-0.3, -0.25) is 0 Å². The molecule has 2 rings (SSSR count). The van der Waals surface area contributed by atoms with Crippen LogP contribution >= 0.6 is 11.3 Å². The maximum Gasteiger partial charge on any atom is 0.0812 e. The van der Waals surface area contributed by atoms with Gasteiger partial charge in [0.25, 0.3) is 0 Å². The number of nitrogens with zero attached hydrogens (tertiary/aromatic N) is 2. The molecule has 2 aromatic rings. The summed E-state index contributed by atoms with van der Waals surface area (Å²) >= 11 is 1.61. The van der Waals surface area contributed by atoms with Gasteiger partial charge in [-0.15, -0.1) is 11.3 Å². The lowest BCUT2D eigenvalue weighted by molar-refractivity contribution is 1.26. The van der Waals surface area contributed by atoms with E-state index in [0.29, 0.717) is 0 Å². The molecule has 0 bridgehead atoms. The van der Waals surface area contributed by atoms with Crippen molar-refractivity contribution < 1.29 is 0 Å². The molecule has 0 atom stereocenters. The van der Waals surface area contributed by atoms with Crippen molar-refractivity contribution in [1.82, 2.24) is 4.98 Å². The second-order valence-corrected chi connectivity index (χ2v) is 3.24. The minimum absolute atomic E-state index is 1.01. The summed E-state index contributed by atoms with van der Waals surface area (Å²) in [7, 11) is 0. The van der Waals surface area contributed by atoms with Crippen LogP contribution in [0.4, 0.5) is 0 Å². The maximum absolute atomic E-state index is 5.04. The molecule has 0 amide bonds. The van der Waals surface area contributed by atoms with E-state index in [1.54, 1.807) is 17.6 Å². The fourth-order valence-corrected chi connectivity index (χ4v) is 1.76. The number of rotatable bonds is 1. The van der Waals surface area contributed by atoms with Gasteiger partial charge in [0.05, 0.1) is 21.9 Å². The molecule has 0 spiro atoms. The van der Waals surface area contributed by atoms with Gasteiger partial charge in [0.2, 0.25) is 0 Å². The third-order valence-corrected chi connectivity index (χ3v) is 2.37. The summed E-state index contributed by atoms with van der Waals surface area (Å²) in [4.78, 5) is 4.16. The Morgan fingerprint density at radius 1 is 1.50 bits per heavy atom. The average Bonchev–Trinajstić information content (AvgIpc) is 2.51. The normalized spacial score (nSPS) is 11.3. The molecule has 0 aliphatic rings. The first-order valence-electron chi connectivity index (χ1n) is 3.46. The van der Waals surface area contributed by atoms with Crippen molar-refractivity contribution in [3.8, 4) is 0 Å². The zero-order valence-electron chi connectivity index (χ0n) is 6.27. The molecule has 2 N–H and O–H groups in total. The van der Waals surface area contributed by atoms with Crippen LogP contribution in [0.3, 0.4) is 0 Å². The van der Waals surface area contributed by atoms with E-state index in [4.69, 9.17) is 5.84 Å². The topological polar surface area (TPSA) is 51.3 Å². The Labute approximate surface area is 73.5 Å². The van der Waals surface area contributed by atoms with E-state index in [-0.39, 0.29) is 0 Å². The molecule has 60 valence electrons. The second-order valence-electron chi connectivity index (χ2n) is 2.36. The predicted molar refractivity (Wildman–Crippen MR) is 51.4 cm³/mol. The molecule has 1 heterocycles. The first-order valence-corrected chi connectivity index (χ1v) is 4.34. The molecule has 1 aromatic carbocycles. The number of hydrogen-bond acceptors (Lipinski definition) is 4. The van der Waals surface area contributed by atoms with Gasteiger partial charge >= 0.3 is 0 Å². The molecule has 12 heavy (non-hydrogen) atoms. The third-order valence-electron chi connectivity index (χ3n) is 1.58. The fraction of sp³-hybridized carbons (Fsp3) is 0. The van der Waals surface area contributed by atoms with Crippen molar-refractivity contribution in [2.24, 2.45) is 10.9 Å². The van der Waals surface area contributed by atoms with Gasteiger partial charge < -0.3 is 5.84 Å². The molecule has 0 fully saturated rings. The highest BCUT2D eigenvalue weighted by Gasteiger charge is 1.95. The monoisotopic (exact) mass is 177 g/mol. The molecule has 0 aliphatic heterocycles. The van der Waals surface area contributed by atoms with Crippen LogP contribution in [0.25, 0.3) is 10.2 Å². The third kappa shape index (κ3) is 1.16. The maximum atomic E-state index is 5.04.